The van der Waals surface area contributed by atoms with E-state index >= 15 is 0 Å². The lowest BCUT2D eigenvalue weighted by Crippen LogP contribution is -2.43. The Hall–Kier alpha value is -2.30. The highest BCUT2D eigenvalue weighted by atomic mass is 31.2. The van der Waals surface area contributed by atoms with Crippen molar-refractivity contribution in [2.45, 2.75) is 25.4 Å². The van der Waals surface area contributed by atoms with E-state index in [9.17, 15) is 14.5 Å². The Morgan fingerprint density at radius 3 is 1.78 bits per heavy atom. The minimum atomic E-state index is -3.51. The number of carboxylic acid groups (broad SMARTS) is 1. The number of hydrogen-bond donors (Lipinski definition) is 1. The zero-order valence-corrected chi connectivity index (χ0v) is 14.1. The first kappa shape index (κ1) is 17.1. The van der Waals surface area contributed by atoms with Crippen LogP contribution < -0.4 is 10.6 Å². The molecule has 1 N–H and O–H groups in total. The van der Waals surface area contributed by atoms with Crippen molar-refractivity contribution in [3.05, 3.63) is 60.7 Å². The van der Waals surface area contributed by atoms with Crippen molar-refractivity contribution >= 4 is 23.7 Å². The summed E-state index contributed by atoms with van der Waals surface area (Å²) in [6, 6.07) is 17.6. The summed E-state index contributed by atoms with van der Waals surface area (Å²) in [7, 11) is -3.51. The summed E-state index contributed by atoms with van der Waals surface area (Å²) in [4.78, 5) is 12.2. The monoisotopic (exact) mass is 326 g/mol. The Labute approximate surface area is 136 Å². The van der Waals surface area contributed by atoms with Crippen molar-refractivity contribution in [3.8, 4) is 11.8 Å². The van der Waals surface area contributed by atoms with Gasteiger partial charge in [0.15, 0.2) is 12.3 Å². The van der Waals surface area contributed by atoms with Crippen molar-refractivity contribution in [1.82, 2.24) is 0 Å². The van der Waals surface area contributed by atoms with Crippen LogP contribution in [0.25, 0.3) is 0 Å². The quantitative estimate of drug-likeness (QED) is 0.678. The first-order valence-corrected chi connectivity index (χ1v) is 9.12. The zero-order chi connectivity index (χ0) is 16.9. The Balaban J connectivity index is 2.90. The predicted octanol–water partition coefficient (Wildman–Crippen LogP) is 3.26. The summed E-state index contributed by atoms with van der Waals surface area (Å²) in [6.07, 6.45) is 0.157. The standard InChI is InChI=1S/C19H19O3P/c1-3-15-19(4-2,18(20)21)23(22,16-11-7-5-8-12-16)17-13-9-6-10-14-17/h5-14H,4H2,1-2H3,(H,20,21). The maximum absolute atomic E-state index is 14.2. The van der Waals surface area contributed by atoms with Gasteiger partial charge in [0.1, 0.15) is 0 Å². The van der Waals surface area contributed by atoms with Crippen molar-refractivity contribution in [2.24, 2.45) is 0 Å². The van der Waals surface area contributed by atoms with Crippen molar-refractivity contribution in [2.75, 3.05) is 0 Å². The van der Waals surface area contributed by atoms with Crippen LogP contribution in [0.3, 0.4) is 0 Å². The first-order chi connectivity index (χ1) is 11.0. The topological polar surface area (TPSA) is 54.4 Å². The molecule has 0 aromatic heterocycles. The molecule has 0 saturated heterocycles. The molecule has 0 fully saturated rings. The average Bonchev–Trinajstić information content (AvgIpc) is 2.60. The smallest absolute Gasteiger partial charge is 0.330 e. The van der Waals surface area contributed by atoms with Gasteiger partial charge < -0.3 is 9.67 Å². The number of hydrogen-bond acceptors (Lipinski definition) is 2. The van der Waals surface area contributed by atoms with Crippen molar-refractivity contribution < 1.29 is 14.5 Å². The molecule has 0 aliphatic carbocycles. The van der Waals surface area contributed by atoms with Crippen molar-refractivity contribution in [3.63, 3.8) is 0 Å². The van der Waals surface area contributed by atoms with Gasteiger partial charge in [0.25, 0.3) is 0 Å². The van der Waals surface area contributed by atoms with Crippen LogP contribution in [0.4, 0.5) is 0 Å². The lowest BCUT2D eigenvalue weighted by molar-refractivity contribution is -0.138. The van der Waals surface area contributed by atoms with E-state index in [-0.39, 0.29) is 6.42 Å². The van der Waals surface area contributed by atoms with Crippen LogP contribution in [-0.4, -0.2) is 16.2 Å². The molecule has 0 amide bonds. The molecule has 0 radical (unpaired) electrons. The molecular weight excluding hydrogens is 307 g/mol. The molecule has 0 spiro atoms. The molecule has 118 valence electrons. The number of rotatable bonds is 5. The Kier molecular flexibility index (Phi) is 5.08. The average molecular weight is 326 g/mol. The van der Waals surface area contributed by atoms with Crippen LogP contribution in [0.5, 0.6) is 0 Å². The molecule has 0 aliphatic rings. The predicted molar refractivity (Wildman–Crippen MR) is 93.9 cm³/mol. The van der Waals surface area contributed by atoms with E-state index in [0.29, 0.717) is 10.6 Å². The number of carbonyl (C=O) groups is 1. The maximum Gasteiger partial charge on any atom is 0.330 e. The molecule has 1 unspecified atom stereocenters. The van der Waals surface area contributed by atoms with E-state index in [4.69, 9.17) is 0 Å². The summed E-state index contributed by atoms with van der Waals surface area (Å²) in [5, 5.41) is 9.33. The van der Waals surface area contributed by atoms with Gasteiger partial charge in [-0.25, -0.2) is 0 Å². The molecule has 2 aromatic carbocycles. The SMILES string of the molecule is CC#CC(CC)(C(=O)O)P(=O)(c1ccccc1)c1ccccc1. The number of benzene rings is 2. The normalized spacial score (nSPS) is 13.5. The second kappa shape index (κ2) is 6.86. The molecule has 0 bridgehead atoms. The summed E-state index contributed by atoms with van der Waals surface area (Å²) in [5.74, 6) is 4.31. The van der Waals surface area contributed by atoms with Gasteiger partial charge >= 0.3 is 5.97 Å². The van der Waals surface area contributed by atoms with Gasteiger partial charge in [0.05, 0.1) is 0 Å². The van der Waals surface area contributed by atoms with Crippen molar-refractivity contribution in [1.29, 1.82) is 0 Å². The van der Waals surface area contributed by atoms with Gasteiger partial charge in [-0.15, -0.1) is 5.92 Å². The van der Waals surface area contributed by atoms with Gasteiger partial charge in [0.2, 0.25) is 0 Å². The fourth-order valence-corrected chi connectivity index (χ4v) is 6.15. The fraction of sp³-hybridized carbons (Fsp3) is 0.211. The van der Waals surface area contributed by atoms with Crippen LogP contribution in [0.2, 0.25) is 0 Å². The molecular formula is C19H19O3P. The Bertz CT molecular complexity index is 744. The molecule has 4 heteroatoms. The van der Waals surface area contributed by atoms with Gasteiger partial charge in [-0.3, -0.25) is 4.79 Å². The summed E-state index contributed by atoms with van der Waals surface area (Å²) in [5.41, 5.74) is 0. The first-order valence-electron chi connectivity index (χ1n) is 7.41. The molecule has 2 aromatic rings. The summed E-state index contributed by atoms with van der Waals surface area (Å²) in [6.45, 7) is 3.30. The van der Waals surface area contributed by atoms with E-state index in [2.05, 4.69) is 11.8 Å². The highest BCUT2D eigenvalue weighted by molar-refractivity contribution is 7.81. The lowest BCUT2D eigenvalue weighted by atomic mass is 10.1. The van der Waals surface area contributed by atoms with Gasteiger partial charge in [-0.1, -0.05) is 73.5 Å². The van der Waals surface area contributed by atoms with Gasteiger partial charge in [0, 0.05) is 10.6 Å². The third-order valence-electron chi connectivity index (χ3n) is 3.97. The highest BCUT2D eigenvalue weighted by Crippen LogP contribution is 2.57. The van der Waals surface area contributed by atoms with E-state index < -0.39 is 18.3 Å². The molecule has 0 saturated carbocycles. The molecule has 3 nitrogen and oxygen atoms in total. The summed E-state index contributed by atoms with van der Waals surface area (Å²) < 4.78 is 14.2. The third-order valence-corrected chi connectivity index (χ3v) is 7.72. The highest BCUT2D eigenvalue weighted by Gasteiger charge is 2.54. The third kappa shape index (κ3) is 2.71. The van der Waals surface area contributed by atoms with Gasteiger partial charge in [-0.05, 0) is 13.3 Å². The minimum Gasteiger partial charge on any atom is -0.480 e. The lowest BCUT2D eigenvalue weighted by Gasteiger charge is -2.33. The molecule has 2 rings (SSSR count). The van der Waals surface area contributed by atoms with Crippen LogP contribution >= 0.6 is 7.14 Å². The largest absolute Gasteiger partial charge is 0.480 e. The molecule has 0 aliphatic heterocycles. The minimum absolute atomic E-state index is 0.157. The van der Waals surface area contributed by atoms with E-state index in [1.165, 1.54) is 0 Å². The second-order valence-electron chi connectivity index (χ2n) is 5.17. The van der Waals surface area contributed by atoms with E-state index in [1.54, 1.807) is 62.4 Å². The van der Waals surface area contributed by atoms with Crippen LogP contribution in [0, 0.1) is 11.8 Å². The second-order valence-corrected chi connectivity index (χ2v) is 8.19. The van der Waals surface area contributed by atoms with Crippen LogP contribution in [-0.2, 0) is 9.36 Å². The Morgan fingerprint density at radius 1 is 1.04 bits per heavy atom. The molecule has 1 atom stereocenters. The van der Waals surface area contributed by atoms with E-state index in [1.807, 2.05) is 12.1 Å². The fourth-order valence-electron chi connectivity index (χ4n) is 2.80. The van der Waals surface area contributed by atoms with Gasteiger partial charge in [-0.2, -0.15) is 0 Å². The number of carboxylic acids is 1. The summed E-state index contributed by atoms with van der Waals surface area (Å²) >= 11 is 0. The van der Waals surface area contributed by atoms with Crippen LogP contribution in [0.1, 0.15) is 20.3 Å². The van der Waals surface area contributed by atoms with E-state index in [0.717, 1.165) is 0 Å². The maximum atomic E-state index is 14.2. The zero-order valence-electron chi connectivity index (χ0n) is 13.2. The Morgan fingerprint density at radius 2 is 1.48 bits per heavy atom. The van der Waals surface area contributed by atoms with Crippen LogP contribution in [0.15, 0.2) is 60.7 Å². The molecule has 0 heterocycles. The number of aliphatic carboxylic acids is 1. The molecule has 23 heavy (non-hydrogen) atoms.